The van der Waals surface area contributed by atoms with E-state index in [1.165, 1.54) is 0 Å². The van der Waals surface area contributed by atoms with Crippen molar-refractivity contribution in [3.8, 4) is 0 Å². The molecule has 2 atom stereocenters. The van der Waals surface area contributed by atoms with Gasteiger partial charge in [-0.05, 0) is 44.2 Å². The highest BCUT2D eigenvalue weighted by atomic mass is 32.2. The number of hydrogen-bond acceptors (Lipinski definition) is 4. The number of carboxylic acids is 1. The van der Waals surface area contributed by atoms with Crippen molar-refractivity contribution >= 4 is 21.7 Å². The predicted octanol–water partition coefficient (Wildman–Crippen LogP) is 3.90. The minimum Gasteiger partial charge on any atom is -0.480 e. The average Bonchev–Trinajstić information content (AvgIpc) is 3.19. The molecule has 1 amide bonds. The molecule has 2 aliphatic rings. The van der Waals surface area contributed by atoms with Crippen LogP contribution in [0.3, 0.4) is 0 Å². The minimum absolute atomic E-state index is 0.139. The smallest absolute Gasteiger partial charge is 0.417 e. The van der Waals surface area contributed by atoms with Crippen molar-refractivity contribution in [1.29, 1.82) is 0 Å². The summed E-state index contributed by atoms with van der Waals surface area (Å²) in [7, 11) is -4.67. The molecule has 1 saturated heterocycles. The number of hydrogen-bond donors (Lipinski definition) is 1. The van der Waals surface area contributed by atoms with E-state index in [4.69, 9.17) is 0 Å². The van der Waals surface area contributed by atoms with E-state index in [0.717, 1.165) is 23.1 Å². The van der Waals surface area contributed by atoms with E-state index in [2.05, 4.69) is 0 Å². The summed E-state index contributed by atoms with van der Waals surface area (Å²) in [6, 6.07) is 1.89. The lowest BCUT2D eigenvalue weighted by Crippen LogP contribution is -2.45. The maximum absolute atomic E-state index is 13.3. The van der Waals surface area contributed by atoms with Crippen LogP contribution in [-0.2, 0) is 25.6 Å². The Labute approximate surface area is 185 Å². The first kappa shape index (κ1) is 25.3. The maximum atomic E-state index is 13.3. The molecular formula is C20H21F6NO5S. The zero-order valence-electron chi connectivity index (χ0n) is 17.1. The molecule has 1 saturated carbocycles. The van der Waals surface area contributed by atoms with Gasteiger partial charge in [0, 0.05) is 12.5 Å². The number of sulfone groups is 1. The van der Waals surface area contributed by atoms with E-state index in [0.29, 0.717) is 6.07 Å². The predicted molar refractivity (Wildman–Crippen MR) is 102 cm³/mol. The van der Waals surface area contributed by atoms with Gasteiger partial charge in [0.2, 0.25) is 5.91 Å². The van der Waals surface area contributed by atoms with E-state index >= 15 is 0 Å². The summed E-state index contributed by atoms with van der Waals surface area (Å²) in [5.41, 5.74) is -1.40. The summed E-state index contributed by atoms with van der Waals surface area (Å²) in [5.74, 6) is -4.80. The molecule has 1 N–H and O–H groups in total. The molecule has 1 aromatic rings. The lowest BCUT2D eigenvalue weighted by Gasteiger charge is -2.32. The zero-order chi connectivity index (χ0) is 24.8. The van der Waals surface area contributed by atoms with Crippen molar-refractivity contribution in [2.45, 2.75) is 60.6 Å². The highest BCUT2D eigenvalue weighted by Gasteiger charge is 2.50. The molecule has 0 bridgehead atoms. The molecule has 1 heterocycles. The van der Waals surface area contributed by atoms with Gasteiger partial charge < -0.3 is 10.0 Å². The molecule has 3 rings (SSSR count). The number of carboxylic acid groups (broad SMARTS) is 1. The Morgan fingerprint density at radius 1 is 0.970 bits per heavy atom. The number of rotatable bonds is 4. The summed E-state index contributed by atoms with van der Waals surface area (Å²) >= 11 is 0. The number of halogens is 6. The molecule has 1 aliphatic carbocycles. The van der Waals surface area contributed by atoms with Gasteiger partial charge in [0.15, 0.2) is 9.84 Å². The number of carbonyl (C=O) groups is 2. The summed E-state index contributed by atoms with van der Waals surface area (Å²) in [4.78, 5) is 24.4. The van der Waals surface area contributed by atoms with Crippen molar-refractivity contribution in [3.05, 3.63) is 29.8 Å². The topological polar surface area (TPSA) is 91.8 Å². The molecule has 2 fully saturated rings. The minimum atomic E-state index is -4.97. The fourth-order valence-corrected chi connectivity index (χ4v) is 6.44. The summed E-state index contributed by atoms with van der Waals surface area (Å²) in [6.45, 7) is -0.649. The molecule has 184 valence electrons. The number of likely N-dealkylation sites (tertiary alicyclic amines) is 1. The van der Waals surface area contributed by atoms with Crippen LogP contribution in [-0.4, -0.2) is 54.3 Å². The van der Waals surface area contributed by atoms with Crippen LogP contribution in [0.4, 0.5) is 26.3 Å². The first-order valence-corrected chi connectivity index (χ1v) is 11.7. The molecule has 1 aliphatic heterocycles. The average molecular weight is 501 g/mol. The second-order valence-corrected chi connectivity index (χ2v) is 10.5. The number of carbonyl (C=O) groups excluding carboxylic acids is 1. The van der Waals surface area contributed by atoms with E-state index in [1.807, 2.05) is 0 Å². The van der Waals surface area contributed by atoms with Crippen LogP contribution in [0.5, 0.6) is 0 Å². The number of amides is 1. The molecule has 0 aromatic heterocycles. The molecule has 1 aromatic carbocycles. The lowest BCUT2D eigenvalue weighted by molar-refractivity contribution is -0.185. The molecule has 0 spiro atoms. The van der Waals surface area contributed by atoms with Gasteiger partial charge in [-0.1, -0.05) is 12.1 Å². The third kappa shape index (κ3) is 5.12. The Kier molecular flexibility index (Phi) is 6.75. The highest BCUT2D eigenvalue weighted by Crippen LogP contribution is 2.42. The van der Waals surface area contributed by atoms with Crippen LogP contribution < -0.4 is 0 Å². The van der Waals surface area contributed by atoms with Crippen LogP contribution in [0.1, 0.15) is 37.7 Å². The molecule has 33 heavy (non-hydrogen) atoms. The highest BCUT2D eigenvalue weighted by molar-refractivity contribution is 7.92. The van der Waals surface area contributed by atoms with Crippen molar-refractivity contribution in [2.75, 3.05) is 6.54 Å². The maximum Gasteiger partial charge on any atom is 0.417 e. The molecule has 6 nitrogen and oxygen atoms in total. The van der Waals surface area contributed by atoms with Crippen molar-refractivity contribution in [3.63, 3.8) is 0 Å². The normalized spacial score (nSPS) is 26.9. The van der Waals surface area contributed by atoms with Gasteiger partial charge in [-0.2, -0.15) is 26.3 Å². The van der Waals surface area contributed by atoms with Gasteiger partial charge in [-0.25, -0.2) is 13.2 Å². The van der Waals surface area contributed by atoms with Crippen LogP contribution in [0.2, 0.25) is 0 Å². The van der Waals surface area contributed by atoms with E-state index < -0.39 is 80.6 Å². The first-order valence-electron chi connectivity index (χ1n) is 10.1. The van der Waals surface area contributed by atoms with Crippen molar-refractivity contribution < 1.29 is 49.5 Å². The Morgan fingerprint density at radius 3 is 2.06 bits per heavy atom. The van der Waals surface area contributed by atoms with Crippen LogP contribution >= 0.6 is 0 Å². The Bertz CT molecular complexity index is 1010. The van der Waals surface area contributed by atoms with Crippen LogP contribution in [0.25, 0.3) is 0 Å². The van der Waals surface area contributed by atoms with E-state index in [-0.39, 0.29) is 25.7 Å². The van der Waals surface area contributed by atoms with Gasteiger partial charge in [-0.15, -0.1) is 0 Å². The Hall–Kier alpha value is -2.31. The molecule has 0 radical (unpaired) electrons. The second kappa shape index (κ2) is 8.80. The number of benzene rings is 1. The Balaban J connectivity index is 1.84. The summed E-state index contributed by atoms with van der Waals surface area (Å²) in [6.07, 6.45) is -10.9. The summed E-state index contributed by atoms with van der Waals surface area (Å²) < 4.78 is 105. The van der Waals surface area contributed by atoms with Gasteiger partial charge in [0.25, 0.3) is 0 Å². The van der Waals surface area contributed by atoms with Crippen LogP contribution in [0.15, 0.2) is 29.2 Å². The molecule has 0 unspecified atom stereocenters. The van der Waals surface area contributed by atoms with Crippen molar-refractivity contribution in [1.82, 2.24) is 4.90 Å². The zero-order valence-corrected chi connectivity index (χ0v) is 17.9. The number of nitrogens with zero attached hydrogens (tertiary/aromatic N) is 1. The first-order chi connectivity index (χ1) is 15.1. The number of alkyl halides is 6. The molecular weight excluding hydrogens is 480 g/mol. The standard InChI is InChI=1S/C20H21F6NO5S/c21-19(22,23)12-7-5-11(6-8-12)17(28)27-10-13(9-15(27)18(29)30)33(31,32)16-4-2-1-3-14(16)20(24,25)26/h1-4,11-13,15H,5-10H2,(H,29,30)/t11?,12?,13-,15+/m1/s1. The lowest BCUT2D eigenvalue weighted by atomic mass is 9.81. The fraction of sp³-hybridized carbons (Fsp3) is 0.600. The van der Waals surface area contributed by atoms with E-state index in [1.54, 1.807) is 0 Å². The third-order valence-corrected chi connectivity index (χ3v) is 8.50. The van der Waals surface area contributed by atoms with Crippen LogP contribution in [0, 0.1) is 11.8 Å². The SMILES string of the molecule is O=C(O)[C@@H]1C[C@@H](S(=O)(=O)c2ccccc2C(F)(F)F)CN1C(=O)C1CCC(C(F)(F)F)CC1. The fourth-order valence-electron chi connectivity index (χ4n) is 4.53. The number of aliphatic carboxylic acids is 1. The van der Waals surface area contributed by atoms with Crippen molar-refractivity contribution in [2.24, 2.45) is 11.8 Å². The second-order valence-electron chi connectivity index (χ2n) is 8.33. The largest absolute Gasteiger partial charge is 0.480 e. The Morgan fingerprint density at radius 2 is 1.55 bits per heavy atom. The summed E-state index contributed by atoms with van der Waals surface area (Å²) in [5, 5.41) is 7.90. The third-order valence-electron chi connectivity index (χ3n) is 6.31. The monoisotopic (exact) mass is 501 g/mol. The van der Waals surface area contributed by atoms with Gasteiger partial charge in [0.1, 0.15) is 6.04 Å². The van der Waals surface area contributed by atoms with Gasteiger partial charge >= 0.3 is 18.3 Å². The quantitative estimate of drug-likeness (QED) is 0.632. The molecule has 13 heteroatoms. The van der Waals surface area contributed by atoms with E-state index in [9.17, 15) is 49.5 Å². The van der Waals surface area contributed by atoms with Gasteiger partial charge in [0.05, 0.1) is 21.6 Å². The van der Waals surface area contributed by atoms with Gasteiger partial charge in [-0.3, -0.25) is 4.79 Å².